The van der Waals surface area contributed by atoms with Gasteiger partial charge in [-0.05, 0) is 6.42 Å². The fourth-order valence-corrected chi connectivity index (χ4v) is 2.65. The topological polar surface area (TPSA) is 68.8 Å². The van der Waals surface area contributed by atoms with Gasteiger partial charge in [-0.2, -0.15) is 0 Å². The van der Waals surface area contributed by atoms with Gasteiger partial charge in [0, 0.05) is 6.42 Å². The maximum Gasteiger partial charge on any atom is 0.316 e. The Hall–Kier alpha value is 0.729. The largest absolute Gasteiger partial charge is 0.481 e. The van der Waals surface area contributed by atoms with E-state index in [9.17, 15) is 4.79 Å². The molecule has 3 nitrogen and oxygen atoms in total. The van der Waals surface area contributed by atoms with E-state index in [0.717, 1.165) is 12.8 Å². The maximum atomic E-state index is 10.3. The van der Waals surface area contributed by atoms with Crippen LogP contribution in [0.25, 0.3) is 0 Å². The van der Waals surface area contributed by atoms with Crippen molar-refractivity contribution in [2.45, 2.75) is 110 Å². The number of carboxylic acid groups (broad SMARTS) is 1. The van der Waals surface area contributed by atoms with Gasteiger partial charge in [-0.1, -0.05) is 96.8 Å². The average Bonchev–Trinajstić information content (AvgIpc) is 2.43. The predicted octanol–water partition coefficient (Wildman–Crippen LogP) is 3.41. The summed E-state index contributed by atoms with van der Waals surface area (Å²) in [4.78, 5) is 10.3. The van der Waals surface area contributed by atoms with Crippen LogP contribution in [-0.2, 0) is 4.79 Å². The third kappa shape index (κ3) is 31.1. The summed E-state index contributed by atoms with van der Waals surface area (Å²) in [5, 5.41) is 8.52. The Bertz CT molecular complexity index is 216. The number of hydrogen-bond acceptors (Lipinski definition) is 1. The van der Waals surface area contributed by atoms with Crippen molar-refractivity contribution in [3.63, 3.8) is 0 Å². The highest BCUT2D eigenvalue weighted by atomic mass is 27.0. The molecule has 0 spiro atoms. The normalized spacial score (nSPS) is 9.43. The number of unbranched alkanes of at least 4 members (excludes halogenated alkanes) is 14. The van der Waals surface area contributed by atoms with Gasteiger partial charge >= 0.3 is 29.0 Å². The summed E-state index contributed by atoms with van der Waals surface area (Å²) in [7, 11) is 0. The van der Waals surface area contributed by atoms with Crippen molar-refractivity contribution in [2.75, 3.05) is 0 Å². The van der Waals surface area contributed by atoms with Crippen LogP contribution in [0.15, 0.2) is 0 Å². The third-order valence-electron chi connectivity index (χ3n) is 3.99. The quantitative estimate of drug-likeness (QED) is 0.339. The molecule has 0 aliphatic heterocycles. The SMILES string of the molecule is CCCCCCCCCCCCCCCCCC(=O)O.O.[AlH3].[MgH2]. The Labute approximate surface area is 171 Å². The van der Waals surface area contributed by atoms with Crippen LogP contribution in [0.1, 0.15) is 110 Å². The molecule has 0 aromatic rings. The fourth-order valence-electron chi connectivity index (χ4n) is 2.65. The summed E-state index contributed by atoms with van der Waals surface area (Å²) in [6, 6.07) is 0. The molecule has 0 atom stereocenters. The van der Waals surface area contributed by atoms with Crippen LogP contribution in [-0.4, -0.2) is 57.0 Å². The van der Waals surface area contributed by atoms with Gasteiger partial charge in [-0.3, -0.25) is 4.79 Å². The van der Waals surface area contributed by atoms with E-state index in [4.69, 9.17) is 5.11 Å². The number of carboxylic acids is 1. The fraction of sp³-hybridized carbons (Fsp3) is 0.944. The predicted molar refractivity (Wildman–Crippen MR) is 109 cm³/mol. The van der Waals surface area contributed by atoms with E-state index in [0.29, 0.717) is 6.42 Å². The van der Waals surface area contributed by atoms with E-state index in [1.165, 1.54) is 83.5 Å². The molecule has 0 rings (SSSR count). The number of rotatable bonds is 16. The first-order valence-corrected chi connectivity index (χ1v) is 8.99. The van der Waals surface area contributed by atoms with Crippen LogP contribution in [0.2, 0.25) is 0 Å². The lowest BCUT2D eigenvalue weighted by molar-refractivity contribution is -0.137. The van der Waals surface area contributed by atoms with Gasteiger partial charge in [-0.15, -0.1) is 0 Å². The molecule has 3 N–H and O–H groups in total. The zero-order valence-corrected chi connectivity index (χ0v) is 14.2. The summed E-state index contributed by atoms with van der Waals surface area (Å²) < 4.78 is 0. The van der Waals surface area contributed by atoms with Gasteiger partial charge in [-0.25, -0.2) is 0 Å². The van der Waals surface area contributed by atoms with Crippen LogP contribution in [0, 0.1) is 0 Å². The van der Waals surface area contributed by atoms with Gasteiger partial charge in [0.05, 0.1) is 0 Å². The van der Waals surface area contributed by atoms with Crippen molar-refractivity contribution in [3.05, 3.63) is 0 Å². The van der Waals surface area contributed by atoms with E-state index in [1.807, 2.05) is 0 Å². The smallest absolute Gasteiger partial charge is 0.316 e. The standard InChI is InChI=1S/C18H36O2.Al.Mg.H2O.5H/c1-2-3-4-5-6-7-8-9-10-11-12-13-14-15-16-17-18(19)20;;;;;;;;/h2-17H2,1H3,(H,19,20);;;1H2;;;;;. The van der Waals surface area contributed by atoms with Crippen molar-refractivity contribution in [2.24, 2.45) is 0 Å². The Morgan fingerprint density at radius 3 is 1.17 bits per heavy atom. The maximum absolute atomic E-state index is 10.3. The monoisotopic (exact) mass is 358 g/mol. The first-order valence-electron chi connectivity index (χ1n) is 8.99. The molecule has 0 bridgehead atoms. The molecule has 0 aliphatic rings. The van der Waals surface area contributed by atoms with Gasteiger partial charge in [0.1, 0.15) is 0 Å². The summed E-state index contributed by atoms with van der Waals surface area (Å²) >= 11 is 0. The Morgan fingerprint density at radius 1 is 0.652 bits per heavy atom. The molecule has 5 heteroatoms. The highest BCUT2D eigenvalue weighted by Crippen LogP contribution is 2.13. The number of hydrogen-bond donors (Lipinski definition) is 1. The molecule has 0 aromatic carbocycles. The van der Waals surface area contributed by atoms with Gasteiger partial charge in [0.15, 0.2) is 17.4 Å². The Balaban J connectivity index is -0.000000602. The third-order valence-corrected chi connectivity index (χ3v) is 3.99. The van der Waals surface area contributed by atoms with Gasteiger partial charge in [0.25, 0.3) is 0 Å². The first-order chi connectivity index (χ1) is 9.77. The van der Waals surface area contributed by atoms with Crippen LogP contribution >= 0.6 is 0 Å². The first kappa shape index (κ1) is 31.5. The molecule has 0 unspecified atom stereocenters. The summed E-state index contributed by atoms with van der Waals surface area (Å²) in [5.41, 5.74) is 0. The van der Waals surface area contributed by atoms with E-state index < -0.39 is 5.97 Å². The zero-order chi connectivity index (χ0) is 14.9. The second-order valence-corrected chi connectivity index (χ2v) is 6.09. The van der Waals surface area contributed by atoms with Crippen LogP contribution in [0.3, 0.4) is 0 Å². The molecule has 0 saturated carbocycles. The second kappa shape index (κ2) is 27.6. The lowest BCUT2D eigenvalue weighted by Gasteiger charge is -2.03. The molecular formula is C18H43AlMgO3. The molecule has 0 radical (unpaired) electrons. The van der Waals surface area contributed by atoms with E-state index >= 15 is 0 Å². The van der Waals surface area contributed by atoms with Gasteiger partial charge < -0.3 is 10.6 Å². The molecule has 0 aliphatic carbocycles. The van der Waals surface area contributed by atoms with Crippen molar-refractivity contribution in [1.29, 1.82) is 0 Å². The minimum atomic E-state index is -0.653. The summed E-state index contributed by atoms with van der Waals surface area (Å²) in [5.74, 6) is -0.653. The molecule has 0 heterocycles. The lowest BCUT2D eigenvalue weighted by Crippen LogP contribution is -1.93. The van der Waals surface area contributed by atoms with Crippen molar-refractivity contribution in [1.82, 2.24) is 0 Å². The van der Waals surface area contributed by atoms with E-state index in [2.05, 4.69) is 6.92 Å². The molecule has 23 heavy (non-hydrogen) atoms. The Kier molecular flexibility index (Phi) is 37.8. The van der Waals surface area contributed by atoms with Crippen molar-refractivity contribution >= 4 is 46.4 Å². The second-order valence-electron chi connectivity index (χ2n) is 6.09. The van der Waals surface area contributed by atoms with E-state index in [-0.39, 0.29) is 45.9 Å². The molecule has 0 amide bonds. The summed E-state index contributed by atoms with van der Waals surface area (Å²) in [6.07, 6.45) is 20.2. The number of carbonyl (C=O) groups is 1. The minimum Gasteiger partial charge on any atom is -0.481 e. The van der Waals surface area contributed by atoms with Crippen LogP contribution < -0.4 is 0 Å². The zero-order valence-electron chi connectivity index (χ0n) is 14.2. The van der Waals surface area contributed by atoms with Crippen LogP contribution in [0.5, 0.6) is 0 Å². The Morgan fingerprint density at radius 2 is 0.913 bits per heavy atom. The average molecular weight is 359 g/mol. The highest BCUT2D eigenvalue weighted by molar-refractivity contribution is 5.76. The molecule has 0 saturated heterocycles. The lowest BCUT2D eigenvalue weighted by atomic mass is 10.0. The molecule has 0 aromatic heterocycles. The minimum absolute atomic E-state index is 0. The van der Waals surface area contributed by atoms with E-state index in [1.54, 1.807) is 0 Å². The van der Waals surface area contributed by atoms with Crippen LogP contribution in [0.4, 0.5) is 0 Å². The summed E-state index contributed by atoms with van der Waals surface area (Å²) in [6.45, 7) is 2.27. The molecule has 138 valence electrons. The molecule has 0 fully saturated rings. The molecular weight excluding hydrogens is 315 g/mol. The highest BCUT2D eigenvalue weighted by Gasteiger charge is 1.97. The van der Waals surface area contributed by atoms with Gasteiger partial charge in [0.2, 0.25) is 0 Å². The van der Waals surface area contributed by atoms with Crippen molar-refractivity contribution in [3.8, 4) is 0 Å². The number of aliphatic carboxylic acids is 1. The van der Waals surface area contributed by atoms with Crippen molar-refractivity contribution < 1.29 is 15.4 Å².